The molecule has 2 aromatic rings. The van der Waals surface area contributed by atoms with Gasteiger partial charge < -0.3 is 10.6 Å². The van der Waals surface area contributed by atoms with E-state index >= 15 is 0 Å². The molecule has 0 aliphatic carbocycles. The Balaban J connectivity index is -0.000000902. The highest BCUT2D eigenvalue weighted by Crippen LogP contribution is 1.92. The van der Waals surface area contributed by atoms with E-state index in [1.165, 1.54) is 0 Å². The van der Waals surface area contributed by atoms with Crippen molar-refractivity contribution >= 4 is 49.6 Å². The first-order valence-corrected chi connectivity index (χ1v) is 6.16. The lowest BCUT2D eigenvalue weighted by atomic mass is 10.3. The largest absolute Gasteiger partial charge is 0.310 e. The third-order valence-electron chi connectivity index (χ3n) is 2.54. The summed E-state index contributed by atoms with van der Waals surface area (Å²) >= 11 is 0. The Hall–Kier alpha value is -0.620. The van der Waals surface area contributed by atoms with Crippen molar-refractivity contribution in [3.05, 3.63) is 60.2 Å². The summed E-state index contributed by atoms with van der Waals surface area (Å²) in [5.74, 6) is 0. The van der Waals surface area contributed by atoms with Crippen LogP contribution in [0, 0.1) is 0 Å². The zero-order valence-electron chi connectivity index (χ0n) is 12.0. The van der Waals surface area contributed by atoms with Gasteiger partial charge in [-0.3, -0.25) is 9.97 Å². The fourth-order valence-corrected chi connectivity index (χ4v) is 1.62. The Bertz CT molecular complexity index is 402. The van der Waals surface area contributed by atoms with Gasteiger partial charge in [0, 0.05) is 38.6 Å². The maximum absolute atomic E-state index is 4.25. The molecule has 0 bridgehead atoms. The summed E-state index contributed by atoms with van der Waals surface area (Å²) in [6.45, 7) is 3.46. The maximum atomic E-state index is 4.25. The van der Waals surface area contributed by atoms with Gasteiger partial charge in [0.15, 0.2) is 0 Å². The van der Waals surface area contributed by atoms with Crippen LogP contribution in [0.25, 0.3) is 0 Å². The smallest absolute Gasteiger partial charge is 0.0541 e. The van der Waals surface area contributed by atoms with Crippen molar-refractivity contribution in [3.63, 3.8) is 0 Å². The molecule has 0 spiro atoms. The normalized spacial score (nSPS) is 8.55. The van der Waals surface area contributed by atoms with Gasteiger partial charge in [0.05, 0.1) is 11.4 Å². The fraction of sp³-hybridized carbons (Fsp3) is 0.286. The molecule has 8 heteroatoms. The first kappa shape index (κ1) is 26.3. The summed E-state index contributed by atoms with van der Waals surface area (Å²) in [7, 11) is 0. The highest BCUT2D eigenvalue weighted by Gasteiger charge is 1.93. The third kappa shape index (κ3) is 11.0. The van der Waals surface area contributed by atoms with E-state index in [2.05, 4.69) is 20.6 Å². The number of nitrogens with one attached hydrogen (secondary N) is 2. The molecule has 4 nitrogen and oxygen atoms in total. The van der Waals surface area contributed by atoms with E-state index in [1.807, 2.05) is 48.8 Å². The van der Waals surface area contributed by atoms with Crippen LogP contribution in [0.1, 0.15) is 11.4 Å². The zero-order chi connectivity index (χ0) is 12.5. The molecule has 22 heavy (non-hydrogen) atoms. The Kier molecular flexibility index (Phi) is 20.0. The van der Waals surface area contributed by atoms with E-state index in [1.54, 1.807) is 0 Å². The first-order valence-electron chi connectivity index (χ1n) is 6.16. The maximum Gasteiger partial charge on any atom is 0.0541 e. The molecular formula is C14H22Cl4N4. The fourth-order valence-electron chi connectivity index (χ4n) is 1.62. The van der Waals surface area contributed by atoms with Gasteiger partial charge in [-0.15, -0.1) is 49.6 Å². The van der Waals surface area contributed by atoms with Crippen molar-refractivity contribution < 1.29 is 0 Å². The van der Waals surface area contributed by atoms with E-state index in [0.29, 0.717) is 0 Å². The van der Waals surface area contributed by atoms with Crippen LogP contribution in [0.4, 0.5) is 0 Å². The molecule has 0 amide bonds. The minimum atomic E-state index is 0. The van der Waals surface area contributed by atoms with Gasteiger partial charge in [-0.25, -0.2) is 0 Å². The molecule has 0 saturated heterocycles. The standard InChI is InChI=1S/C14H18N4.4ClH/c1-3-7-17-13(5-1)11-15-9-10-16-12-14-6-2-4-8-18-14;;;;/h1-8,15-16H,9-12H2;4*1H. The quantitative estimate of drug-likeness (QED) is 0.717. The summed E-state index contributed by atoms with van der Waals surface area (Å²) in [5.41, 5.74) is 2.14. The minimum absolute atomic E-state index is 0. The molecule has 0 fully saturated rings. The number of hydrogen-bond acceptors (Lipinski definition) is 4. The Morgan fingerprint density at radius 1 is 0.636 bits per heavy atom. The number of halogens is 4. The second-order valence-corrected chi connectivity index (χ2v) is 4.00. The summed E-state index contributed by atoms with van der Waals surface area (Å²) in [4.78, 5) is 8.50. The molecular weight excluding hydrogens is 366 g/mol. The van der Waals surface area contributed by atoms with Crippen LogP contribution in [0.15, 0.2) is 48.8 Å². The van der Waals surface area contributed by atoms with Gasteiger partial charge >= 0.3 is 0 Å². The lowest BCUT2D eigenvalue weighted by Crippen LogP contribution is -2.27. The molecule has 0 atom stereocenters. The van der Waals surface area contributed by atoms with Crippen molar-refractivity contribution in [3.8, 4) is 0 Å². The Morgan fingerprint density at radius 3 is 1.36 bits per heavy atom. The summed E-state index contributed by atoms with van der Waals surface area (Å²) in [6.07, 6.45) is 3.63. The number of rotatable bonds is 7. The van der Waals surface area contributed by atoms with Crippen LogP contribution in [0.3, 0.4) is 0 Å². The van der Waals surface area contributed by atoms with Gasteiger partial charge in [-0.05, 0) is 24.3 Å². The molecule has 2 rings (SSSR count). The lowest BCUT2D eigenvalue weighted by molar-refractivity contribution is 0.601. The second-order valence-electron chi connectivity index (χ2n) is 4.00. The zero-order valence-corrected chi connectivity index (χ0v) is 15.2. The SMILES string of the molecule is Cl.Cl.Cl.Cl.c1ccc(CNCCNCc2ccccn2)nc1. The van der Waals surface area contributed by atoms with Crippen LogP contribution in [0.5, 0.6) is 0 Å². The van der Waals surface area contributed by atoms with E-state index in [4.69, 9.17) is 0 Å². The van der Waals surface area contributed by atoms with E-state index in [9.17, 15) is 0 Å². The van der Waals surface area contributed by atoms with Crippen molar-refractivity contribution in [1.82, 2.24) is 20.6 Å². The third-order valence-corrected chi connectivity index (χ3v) is 2.54. The molecule has 0 aromatic carbocycles. The molecule has 2 heterocycles. The average molecular weight is 388 g/mol. The molecule has 0 aliphatic rings. The van der Waals surface area contributed by atoms with Gasteiger partial charge in [-0.2, -0.15) is 0 Å². The molecule has 126 valence electrons. The Morgan fingerprint density at radius 2 is 1.05 bits per heavy atom. The molecule has 0 saturated carbocycles. The van der Waals surface area contributed by atoms with Gasteiger partial charge in [0.2, 0.25) is 0 Å². The summed E-state index contributed by atoms with van der Waals surface area (Å²) in [5, 5.41) is 6.69. The summed E-state index contributed by atoms with van der Waals surface area (Å²) in [6, 6.07) is 11.9. The number of hydrogen-bond donors (Lipinski definition) is 2. The highest BCUT2D eigenvalue weighted by molar-refractivity contribution is 5.86. The van der Waals surface area contributed by atoms with Crippen molar-refractivity contribution in [2.24, 2.45) is 0 Å². The van der Waals surface area contributed by atoms with Crippen molar-refractivity contribution in [2.45, 2.75) is 13.1 Å². The molecule has 2 N–H and O–H groups in total. The lowest BCUT2D eigenvalue weighted by Gasteiger charge is -2.06. The van der Waals surface area contributed by atoms with Gasteiger partial charge in [0.1, 0.15) is 0 Å². The molecule has 0 radical (unpaired) electrons. The predicted molar refractivity (Wildman–Crippen MR) is 101 cm³/mol. The first-order chi connectivity index (χ1) is 8.95. The second kappa shape index (κ2) is 16.7. The Labute approximate surface area is 156 Å². The van der Waals surface area contributed by atoms with Crippen molar-refractivity contribution in [1.29, 1.82) is 0 Å². The number of aromatic nitrogens is 2. The number of pyridine rings is 2. The van der Waals surface area contributed by atoms with Crippen LogP contribution in [-0.4, -0.2) is 23.1 Å². The summed E-state index contributed by atoms with van der Waals surface area (Å²) < 4.78 is 0. The minimum Gasteiger partial charge on any atom is -0.310 e. The van der Waals surface area contributed by atoms with Crippen LogP contribution < -0.4 is 10.6 Å². The highest BCUT2D eigenvalue weighted by atomic mass is 35.5. The topological polar surface area (TPSA) is 49.8 Å². The van der Waals surface area contributed by atoms with Crippen LogP contribution in [-0.2, 0) is 13.1 Å². The molecule has 0 aliphatic heterocycles. The van der Waals surface area contributed by atoms with Crippen molar-refractivity contribution in [2.75, 3.05) is 13.1 Å². The van der Waals surface area contributed by atoms with E-state index in [-0.39, 0.29) is 49.6 Å². The van der Waals surface area contributed by atoms with Gasteiger partial charge in [0.25, 0.3) is 0 Å². The number of nitrogens with zero attached hydrogens (tertiary/aromatic N) is 2. The molecule has 0 unspecified atom stereocenters. The average Bonchev–Trinajstić information content (AvgIpc) is 2.45. The van der Waals surface area contributed by atoms with E-state index in [0.717, 1.165) is 37.6 Å². The van der Waals surface area contributed by atoms with Gasteiger partial charge in [-0.1, -0.05) is 12.1 Å². The monoisotopic (exact) mass is 386 g/mol. The van der Waals surface area contributed by atoms with Crippen LogP contribution in [0.2, 0.25) is 0 Å². The predicted octanol–water partition coefficient (Wildman–Crippen LogP) is 3.04. The molecule has 2 aromatic heterocycles. The van der Waals surface area contributed by atoms with Crippen LogP contribution >= 0.6 is 49.6 Å². The van der Waals surface area contributed by atoms with E-state index < -0.39 is 0 Å².